The van der Waals surface area contributed by atoms with Crippen molar-refractivity contribution in [2.24, 2.45) is 0 Å². The Bertz CT molecular complexity index is 777. The van der Waals surface area contributed by atoms with E-state index in [0.29, 0.717) is 6.54 Å². The second-order valence-electron chi connectivity index (χ2n) is 6.48. The van der Waals surface area contributed by atoms with Crippen LogP contribution in [-0.4, -0.2) is 73.5 Å². The van der Waals surface area contributed by atoms with Gasteiger partial charge >= 0.3 is 5.97 Å². The lowest BCUT2D eigenvalue weighted by atomic mass is 10.1. The van der Waals surface area contributed by atoms with E-state index in [-0.39, 0.29) is 42.0 Å². The van der Waals surface area contributed by atoms with Crippen LogP contribution in [0.2, 0.25) is 0 Å². The van der Waals surface area contributed by atoms with Crippen LogP contribution < -0.4 is 0 Å². The SMILES string of the molecule is CC(C)N(C)S(=O)(=O)c1cccc(C(=O)N2CCOC(CC(=O)O)C2)c1. The average Bonchev–Trinajstić information content (AvgIpc) is 2.60. The third-order valence-corrected chi connectivity index (χ3v) is 6.34. The molecule has 1 unspecified atom stereocenters. The van der Waals surface area contributed by atoms with Gasteiger partial charge in [0.05, 0.1) is 24.0 Å². The minimum absolute atomic E-state index is 0.0508. The number of benzene rings is 1. The van der Waals surface area contributed by atoms with Gasteiger partial charge in [-0.25, -0.2) is 8.42 Å². The summed E-state index contributed by atoms with van der Waals surface area (Å²) < 4.78 is 31.8. The number of ether oxygens (including phenoxy) is 1. The number of carboxylic acids is 1. The lowest BCUT2D eigenvalue weighted by Crippen LogP contribution is -2.46. The van der Waals surface area contributed by atoms with Gasteiger partial charge in [-0.3, -0.25) is 9.59 Å². The van der Waals surface area contributed by atoms with Crippen LogP contribution in [0.5, 0.6) is 0 Å². The van der Waals surface area contributed by atoms with Gasteiger partial charge in [0, 0.05) is 31.7 Å². The highest BCUT2D eigenvalue weighted by Crippen LogP contribution is 2.20. The molecule has 144 valence electrons. The van der Waals surface area contributed by atoms with Gasteiger partial charge in [-0.05, 0) is 32.0 Å². The summed E-state index contributed by atoms with van der Waals surface area (Å²) in [5.74, 6) is -1.33. The Labute approximate surface area is 153 Å². The molecule has 1 amide bonds. The van der Waals surface area contributed by atoms with Crippen molar-refractivity contribution in [2.75, 3.05) is 26.7 Å². The molecule has 0 radical (unpaired) electrons. The number of hydrogen-bond acceptors (Lipinski definition) is 5. The molecule has 9 heteroatoms. The van der Waals surface area contributed by atoms with Gasteiger partial charge < -0.3 is 14.7 Å². The van der Waals surface area contributed by atoms with E-state index < -0.39 is 22.1 Å². The fourth-order valence-electron chi connectivity index (χ4n) is 2.64. The van der Waals surface area contributed by atoms with E-state index in [1.165, 1.54) is 34.5 Å². The summed E-state index contributed by atoms with van der Waals surface area (Å²) >= 11 is 0. The summed E-state index contributed by atoms with van der Waals surface area (Å²) in [5, 5.41) is 8.88. The van der Waals surface area contributed by atoms with E-state index in [4.69, 9.17) is 9.84 Å². The molecule has 1 aliphatic heterocycles. The normalized spacial score (nSPS) is 18.3. The van der Waals surface area contributed by atoms with Crippen molar-refractivity contribution in [2.45, 2.75) is 37.3 Å². The third kappa shape index (κ3) is 4.60. The average molecular weight is 384 g/mol. The first-order valence-corrected chi connectivity index (χ1v) is 9.77. The molecule has 1 N–H and O–H groups in total. The Morgan fingerprint density at radius 2 is 2.08 bits per heavy atom. The van der Waals surface area contributed by atoms with E-state index in [1.807, 2.05) is 0 Å². The van der Waals surface area contributed by atoms with Crippen molar-refractivity contribution in [3.63, 3.8) is 0 Å². The Morgan fingerprint density at radius 1 is 1.38 bits per heavy atom. The fraction of sp³-hybridized carbons (Fsp3) is 0.529. The predicted molar refractivity (Wildman–Crippen MR) is 94.4 cm³/mol. The van der Waals surface area contributed by atoms with E-state index in [2.05, 4.69) is 0 Å². The number of morpholine rings is 1. The smallest absolute Gasteiger partial charge is 0.306 e. The molecule has 26 heavy (non-hydrogen) atoms. The Kier molecular flexibility index (Phi) is 6.38. The van der Waals surface area contributed by atoms with Crippen LogP contribution in [0.25, 0.3) is 0 Å². The second kappa shape index (κ2) is 8.15. The zero-order chi connectivity index (χ0) is 19.5. The van der Waals surface area contributed by atoms with Gasteiger partial charge in [-0.2, -0.15) is 4.31 Å². The van der Waals surface area contributed by atoms with Gasteiger partial charge in [-0.1, -0.05) is 6.07 Å². The van der Waals surface area contributed by atoms with Crippen molar-refractivity contribution >= 4 is 21.9 Å². The number of amides is 1. The summed E-state index contributed by atoms with van der Waals surface area (Å²) in [7, 11) is -2.20. The maximum Gasteiger partial charge on any atom is 0.306 e. The molecule has 1 saturated heterocycles. The highest BCUT2D eigenvalue weighted by Gasteiger charge is 2.28. The summed E-state index contributed by atoms with van der Waals surface area (Å²) in [4.78, 5) is 25.1. The number of carbonyl (C=O) groups excluding carboxylic acids is 1. The van der Waals surface area contributed by atoms with Gasteiger partial charge in [0.15, 0.2) is 0 Å². The van der Waals surface area contributed by atoms with E-state index >= 15 is 0 Å². The standard InChI is InChI=1S/C17H24N2O6S/c1-12(2)18(3)26(23,24)15-6-4-5-13(9-15)17(22)19-7-8-25-14(11-19)10-16(20)21/h4-6,9,12,14H,7-8,10-11H2,1-3H3,(H,20,21). The summed E-state index contributed by atoms with van der Waals surface area (Å²) in [6.07, 6.45) is -0.749. The third-order valence-electron chi connectivity index (χ3n) is 4.31. The number of hydrogen-bond donors (Lipinski definition) is 1. The first-order chi connectivity index (χ1) is 12.1. The van der Waals surface area contributed by atoms with Crippen molar-refractivity contribution in [3.05, 3.63) is 29.8 Å². The summed E-state index contributed by atoms with van der Waals surface area (Å²) in [6, 6.07) is 5.69. The maximum absolute atomic E-state index is 12.7. The number of aliphatic carboxylic acids is 1. The number of sulfonamides is 1. The fourth-order valence-corrected chi connectivity index (χ4v) is 4.05. The van der Waals surface area contributed by atoms with Crippen molar-refractivity contribution in [3.8, 4) is 0 Å². The minimum Gasteiger partial charge on any atom is -0.481 e. The molecule has 1 aromatic carbocycles. The molecule has 2 rings (SSSR count). The summed E-state index contributed by atoms with van der Waals surface area (Å²) in [5.41, 5.74) is 0.249. The molecule has 0 saturated carbocycles. The molecule has 0 aromatic heterocycles. The van der Waals surface area contributed by atoms with Crippen LogP contribution in [0.15, 0.2) is 29.2 Å². The molecule has 1 aromatic rings. The monoisotopic (exact) mass is 384 g/mol. The predicted octanol–water partition coefficient (Wildman–Crippen LogP) is 1.03. The lowest BCUT2D eigenvalue weighted by molar-refractivity contribution is -0.141. The van der Waals surface area contributed by atoms with E-state index in [1.54, 1.807) is 19.9 Å². The van der Waals surface area contributed by atoms with Gasteiger partial charge in [0.25, 0.3) is 5.91 Å². The molecule has 0 bridgehead atoms. The Hall–Kier alpha value is -1.97. The molecule has 1 aliphatic rings. The summed E-state index contributed by atoms with van der Waals surface area (Å²) in [6.45, 7) is 4.27. The molecule has 1 fully saturated rings. The highest BCUT2D eigenvalue weighted by molar-refractivity contribution is 7.89. The molecule has 0 spiro atoms. The first kappa shape index (κ1) is 20.3. The Balaban J connectivity index is 2.21. The van der Waals surface area contributed by atoms with Crippen LogP contribution in [-0.2, 0) is 19.6 Å². The zero-order valence-corrected chi connectivity index (χ0v) is 15.9. The quantitative estimate of drug-likeness (QED) is 0.786. The molecular weight excluding hydrogens is 360 g/mol. The van der Waals surface area contributed by atoms with Crippen LogP contribution in [0.4, 0.5) is 0 Å². The maximum atomic E-state index is 12.7. The van der Waals surface area contributed by atoms with E-state index in [9.17, 15) is 18.0 Å². The molecule has 1 heterocycles. The first-order valence-electron chi connectivity index (χ1n) is 8.33. The van der Waals surface area contributed by atoms with Crippen LogP contribution >= 0.6 is 0 Å². The zero-order valence-electron chi connectivity index (χ0n) is 15.1. The van der Waals surface area contributed by atoms with Gasteiger partial charge in [0.1, 0.15) is 0 Å². The molecule has 1 atom stereocenters. The minimum atomic E-state index is -3.69. The van der Waals surface area contributed by atoms with Gasteiger partial charge in [0.2, 0.25) is 10.0 Å². The van der Waals surface area contributed by atoms with Crippen LogP contribution in [0.1, 0.15) is 30.6 Å². The number of carbonyl (C=O) groups is 2. The highest BCUT2D eigenvalue weighted by atomic mass is 32.2. The second-order valence-corrected chi connectivity index (χ2v) is 8.48. The Morgan fingerprint density at radius 3 is 2.69 bits per heavy atom. The largest absolute Gasteiger partial charge is 0.481 e. The lowest BCUT2D eigenvalue weighted by Gasteiger charge is -2.32. The molecular formula is C17H24N2O6S. The van der Waals surface area contributed by atoms with Crippen molar-refractivity contribution in [1.82, 2.24) is 9.21 Å². The van der Waals surface area contributed by atoms with Crippen LogP contribution in [0, 0.1) is 0 Å². The van der Waals surface area contributed by atoms with Gasteiger partial charge in [-0.15, -0.1) is 0 Å². The van der Waals surface area contributed by atoms with E-state index in [0.717, 1.165) is 0 Å². The number of carboxylic acid groups (broad SMARTS) is 1. The van der Waals surface area contributed by atoms with Crippen LogP contribution in [0.3, 0.4) is 0 Å². The number of rotatable bonds is 6. The number of nitrogens with zero attached hydrogens (tertiary/aromatic N) is 2. The molecule has 0 aliphatic carbocycles. The van der Waals surface area contributed by atoms with Crippen molar-refractivity contribution < 1.29 is 27.9 Å². The van der Waals surface area contributed by atoms with Crippen molar-refractivity contribution in [1.29, 1.82) is 0 Å². The molecule has 8 nitrogen and oxygen atoms in total. The topological polar surface area (TPSA) is 104 Å².